The third-order valence-corrected chi connectivity index (χ3v) is 2.98. The van der Waals surface area contributed by atoms with Crippen LogP contribution in [-0.2, 0) is 12.8 Å². The Bertz CT molecular complexity index is 599. The van der Waals surface area contributed by atoms with Gasteiger partial charge in [-0.15, -0.1) is 0 Å². The predicted molar refractivity (Wildman–Crippen MR) is 75.6 cm³/mol. The van der Waals surface area contributed by atoms with Crippen LogP contribution < -0.4 is 5.32 Å². The van der Waals surface area contributed by atoms with Crippen molar-refractivity contribution in [3.8, 4) is 5.75 Å². The first-order valence-electron chi connectivity index (χ1n) is 6.55. The van der Waals surface area contributed by atoms with Crippen molar-refractivity contribution >= 4 is 5.91 Å². The molecule has 104 valence electrons. The molecule has 2 N–H and O–H groups in total. The Hall–Kier alpha value is -2.43. The molecule has 5 heteroatoms. The summed E-state index contributed by atoms with van der Waals surface area (Å²) in [5.41, 5.74) is 2.24. The summed E-state index contributed by atoms with van der Waals surface area (Å²) in [6, 6.07) is 7.01. The molecule has 0 atom stereocenters. The summed E-state index contributed by atoms with van der Waals surface area (Å²) >= 11 is 0. The minimum absolute atomic E-state index is 0.164. The molecule has 0 bridgehead atoms. The number of phenolic OH excluding ortho intramolecular Hbond substituents is 1. The maximum atomic E-state index is 12.0. The van der Waals surface area contributed by atoms with Crippen molar-refractivity contribution in [3.05, 3.63) is 53.6 Å². The number of nitrogens with zero attached hydrogens (tertiary/aromatic N) is 2. The first kappa shape index (κ1) is 14.0. The second-order valence-electron chi connectivity index (χ2n) is 4.41. The number of benzene rings is 1. The fraction of sp³-hybridized carbons (Fsp3) is 0.267. The van der Waals surface area contributed by atoms with E-state index in [1.54, 1.807) is 18.2 Å². The van der Waals surface area contributed by atoms with Gasteiger partial charge in [-0.1, -0.05) is 19.1 Å². The molecule has 0 spiro atoms. The molecule has 0 aliphatic heterocycles. The van der Waals surface area contributed by atoms with Crippen molar-refractivity contribution < 1.29 is 9.90 Å². The molecule has 0 aliphatic rings. The van der Waals surface area contributed by atoms with Gasteiger partial charge in [0.25, 0.3) is 5.91 Å². The number of amides is 1. The lowest BCUT2D eigenvalue weighted by Crippen LogP contribution is -2.27. The quantitative estimate of drug-likeness (QED) is 0.868. The van der Waals surface area contributed by atoms with Crippen LogP contribution >= 0.6 is 0 Å². The molecule has 0 fully saturated rings. The van der Waals surface area contributed by atoms with E-state index in [0.717, 1.165) is 11.3 Å². The van der Waals surface area contributed by atoms with Gasteiger partial charge in [0.1, 0.15) is 12.1 Å². The van der Waals surface area contributed by atoms with Crippen molar-refractivity contribution in [2.75, 3.05) is 6.54 Å². The first-order chi connectivity index (χ1) is 9.70. The van der Waals surface area contributed by atoms with E-state index in [1.807, 2.05) is 13.0 Å². The molecule has 1 heterocycles. The third-order valence-electron chi connectivity index (χ3n) is 2.98. The van der Waals surface area contributed by atoms with E-state index in [0.29, 0.717) is 24.9 Å². The summed E-state index contributed by atoms with van der Waals surface area (Å²) in [5, 5.41) is 12.2. The molecular weight excluding hydrogens is 254 g/mol. The maximum Gasteiger partial charge on any atom is 0.254 e. The average molecular weight is 271 g/mol. The second kappa shape index (κ2) is 6.65. The average Bonchev–Trinajstić information content (AvgIpc) is 2.47. The summed E-state index contributed by atoms with van der Waals surface area (Å²) in [6.45, 7) is 2.45. The lowest BCUT2D eigenvalue weighted by atomic mass is 10.1. The summed E-state index contributed by atoms with van der Waals surface area (Å²) in [7, 11) is 0. The van der Waals surface area contributed by atoms with Crippen LogP contribution in [0.15, 0.2) is 36.8 Å². The number of aryl methyl sites for hydroxylation is 1. The number of carbonyl (C=O) groups is 1. The van der Waals surface area contributed by atoms with Gasteiger partial charge in [0.05, 0.1) is 11.3 Å². The molecule has 0 radical (unpaired) electrons. The molecule has 2 aromatic rings. The molecule has 0 saturated carbocycles. The monoisotopic (exact) mass is 271 g/mol. The van der Waals surface area contributed by atoms with Crippen LogP contribution in [-0.4, -0.2) is 27.5 Å². The topological polar surface area (TPSA) is 75.1 Å². The Morgan fingerprint density at radius 2 is 2.25 bits per heavy atom. The van der Waals surface area contributed by atoms with Gasteiger partial charge in [0.15, 0.2) is 0 Å². The van der Waals surface area contributed by atoms with E-state index in [4.69, 9.17) is 0 Å². The van der Waals surface area contributed by atoms with Crippen molar-refractivity contribution in [3.63, 3.8) is 0 Å². The Kier molecular flexibility index (Phi) is 4.65. The zero-order valence-corrected chi connectivity index (χ0v) is 11.3. The number of aromatic hydroxyl groups is 1. The number of hydrogen-bond acceptors (Lipinski definition) is 4. The van der Waals surface area contributed by atoms with E-state index < -0.39 is 0 Å². The molecule has 0 saturated heterocycles. The van der Waals surface area contributed by atoms with Crippen LogP contribution in [0.3, 0.4) is 0 Å². The number of nitrogens with one attached hydrogen (secondary N) is 1. The molecule has 1 aromatic carbocycles. The Morgan fingerprint density at radius 1 is 1.40 bits per heavy atom. The minimum Gasteiger partial charge on any atom is -0.508 e. The molecular formula is C15H17N3O2. The van der Waals surface area contributed by atoms with Gasteiger partial charge in [0.2, 0.25) is 0 Å². The van der Waals surface area contributed by atoms with Crippen molar-refractivity contribution in [2.45, 2.75) is 19.8 Å². The summed E-state index contributed by atoms with van der Waals surface area (Å²) in [5.74, 6) is 0.0705. The van der Waals surface area contributed by atoms with Gasteiger partial charge in [-0.05, 0) is 30.5 Å². The summed E-state index contributed by atoms with van der Waals surface area (Å²) in [6.07, 6.45) is 4.34. The normalized spacial score (nSPS) is 10.2. The molecule has 1 aromatic heterocycles. The highest BCUT2D eigenvalue weighted by atomic mass is 16.3. The first-order valence-corrected chi connectivity index (χ1v) is 6.55. The van der Waals surface area contributed by atoms with Gasteiger partial charge in [-0.25, -0.2) is 9.97 Å². The van der Waals surface area contributed by atoms with E-state index in [9.17, 15) is 9.90 Å². The molecule has 0 aliphatic carbocycles. The van der Waals surface area contributed by atoms with Crippen LogP contribution in [0.5, 0.6) is 5.75 Å². The van der Waals surface area contributed by atoms with Crippen molar-refractivity contribution in [1.82, 2.24) is 15.3 Å². The molecule has 1 amide bonds. The smallest absolute Gasteiger partial charge is 0.254 e. The standard InChI is InChI=1S/C15H17N3O2/c1-2-14-13(9-16-10-18-14)15(20)17-7-6-11-4-3-5-12(19)8-11/h3-5,8-10,19H,2,6-7H2,1H3,(H,17,20). The van der Waals surface area contributed by atoms with Crippen LogP contribution in [0.4, 0.5) is 0 Å². The van der Waals surface area contributed by atoms with Gasteiger partial charge >= 0.3 is 0 Å². The largest absolute Gasteiger partial charge is 0.508 e. The Balaban J connectivity index is 1.92. The Labute approximate surface area is 117 Å². The molecule has 2 rings (SSSR count). The third kappa shape index (κ3) is 3.54. The fourth-order valence-electron chi connectivity index (χ4n) is 1.95. The van der Waals surface area contributed by atoms with Gasteiger partial charge in [0, 0.05) is 12.7 Å². The number of rotatable bonds is 5. The van der Waals surface area contributed by atoms with Gasteiger partial charge in [-0.3, -0.25) is 4.79 Å². The fourth-order valence-corrected chi connectivity index (χ4v) is 1.95. The number of carbonyl (C=O) groups excluding carboxylic acids is 1. The van der Waals surface area contributed by atoms with Crippen molar-refractivity contribution in [2.24, 2.45) is 0 Å². The predicted octanol–water partition coefficient (Wildman–Crippen LogP) is 1.72. The highest BCUT2D eigenvalue weighted by Crippen LogP contribution is 2.11. The van der Waals surface area contributed by atoms with Crippen LogP contribution in [0.2, 0.25) is 0 Å². The number of hydrogen-bond donors (Lipinski definition) is 2. The van der Waals surface area contributed by atoms with E-state index in [2.05, 4.69) is 15.3 Å². The summed E-state index contributed by atoms with van der Waals surface area (Å²) < 4.78 is 0. The molecule has 20 heavy (non-hydrogen) atoms. The highest BCUT2D eigenvalue weighted by Gasteiger charge is 2.10. The lowest BCUT2D eigenvalue weighted by Gasteiger charge is -2.07. The number of aromatic nitrogens is 2. The van der Waals surface area contributed by atoms with E-state index >= 15 is 0 Å². The van der Waals surface area contributed by atoms with Gasteiger partial charge in [-0.2, -0.15) is 0 Å². The Morgan fingerprint density at radius 3 is 3.00 bits per heavy atom. The van der Waals surface area contributed by atoms with Crippen molar-refractivity contribution in [1.29, 1.82) is 0 Å². The maximum absolute atomic E-state index is 12.0. The second-order valence-corrected chi connectivity index (χ2v) is 4.41. The molecule has 5 nitrogen and oxygen atoms in total. The zero-order valence-electron chi connectivity index (χ0n) is 11.3. The highest BCUT2D eigenvalue weighted by molar-refractivity contribution is 5.94. The van der Waals surface area contributed by atoms with Crippen LogP contribution in [0.1, 0.15) is 28.5 Å². The van der Waals surface area contributed by atoms with E-state index in [-0.39, 0.29) is 11.7 Å². The summed E-state index contributed by atoms with van der Waals surface area (Å²) in [4.78, 5) is 20.0. The van der Waals surface area contributed by atoms with Crippen LogP contribution in [0, 0.1) is 0 Å². The lowest BCUT2D eigenvalue weighted by molar-refractivity contribution is 0.0952. The minimum atomic E-state index is -0.164. The number of phenols is 1. The van der Waals surface area contributed by atoms with E-state index in [1.165, 1.54) is 12.5 Å². The van der Waals surface area contributed by atoms with Gasteiger partial charge < -0.3 is 10.4 Å². The zero-order chi connectivity index (χ0) is 14.4. The SMILES string of the molecule is CCc1ncncc1C(=O)NCCc1cccc(O)c1. The van der Waals surface area contributed by atoms with Crippen LogP contribution in [0.25, 0.3) is 0 Å². The molecule has 0 unspecified atom stereocenters.